The molecule has 6 heteroatoms. The molecule has 0 amide bonds. The third-order valence-corrected chi connectivity index (χ3v) is 5.82. The molecular formula is C23H28O6. The van der Waals surface area contributed by atoms with Crippen LogP contribution in [-0.4, -0.2) is 36.0 Å². The van der Waals surface area contributed by atoms with Crippen LogP contribution in [0.3, 0.4) is 0 Å². The van der Waals surface area contributed by atoms with Gasteiger partial charge in [0.2, 0.25) is 0 Å². The summed E-state index contributed by atoms with van der Waals surface area (Å²) in [6.07, 6.45) is 0.0954. The Kier molecular flexibility index (Phi) is 5.10. The minimum Gasteiger partial charge on any atom is -0.496 e. The van der Waals surface area contributed by atoms with Crippen LogP contribution in [-0.2, 0) is 35.0 Å². The van der Waals surface area contributed by atoms with E-state index in [1.807, 2.05) is 30.3 Å². The van der Waals surface area contributed by atoms with Crippen molar-refractivity contribution >= 4 is 17.7 Å². The highest BCUT2D eigenvalue weighted by Crippen LogP contribution is 2.56. The molecule has 1 aromatic carbocycles. The number of allylic oxidation sites excluding steroid dienone is 1. The van der Waals surface area contributed by atoms with Crippen molar-refractivity contribution in [1.82, 2.24) is 0 Å². The van der Waals surface area contributed by atoms with Crippen LogP contribution in [0.4, 0.5) is 0 Å². The minimum absolute atomic E-state index is 0.00695. The standard InChI is InChI=1S/C23H28O6/c1-14-16(24)12-17-22(5,18(14)27-6)29-20(26)23(17,19(25)28-21(2,3)4)13-15-10-8-7-9-11-15/h7-11,17H,12-13H2,1-6H3/t17-,22-,23+/m0/s1. The maximum atomic E-state index is 13.5. The molecule has 0 saturated carbocycles. The smallest absolute Gasteiger partial charge is 0.325 e. The Morgan fingerprint density at radius 3 is 2.38 bits per heavy atom. The first-order valence-corrected chi connectivity index (χ1v) is 9.75. The lowest BCUT2D eigenvalue weighted by molar-refractivity contribution is -0.175. The number of rotatable bonds is 4. The molecule has 1 aliphatic heterocycles. The summed E-state index contributed by atoms with van der Waals surface area (Å²) in [6, 6.07) is 9.23. The quantitative estimate of drug-likeness (QED) is 0.569. The number of esters is 2. The van der Waals surface area contributed by atoms with Gasteiger partial charge in [-0.05, 0) is 46.6 Å². The van der Waals surface area contributed by atoms with Crippen molar-refractivity contribution in [3.63, 3.8) is 0 Å². The van der Waals surface area contributed by atoms with Crippen LogP contribution in [0.5, 0.6) is 0 Å². The molecule has 3 rings (SSSR count). The van der Waals surface area contributed by atoms with Gasteiger partial charge >= 0.3 is 11.9 Å². The third kappa shape index (κ3) is 3.34. The number of ether oxygens (including phenoxy) is 3. The number of hydrogen-bond acceptors (Lipinski definition) is 6. The van der Waals surface area contributed by atoms with Gasteiger partial charge in [-0.25, -0.2) is 0 Å². The SMILES string of the molecule is COC1=C(C)C(=O)C[C@@H]2[C@](Cc3ccccc3)(C(=O)OC(C)(C)C)C(=O)O[C@]12C. The monoisotopic (exact) mass is 400 g/mol. The molecule has 0 spiro atoms. The molecule has 1 heterocycles. The van der Waals surface area contributed by atoms with Gasteiger partial charge in [0.15, 0.2) is 16.8 Å². The average molecular weight is 400 g/mol. The highest BCUT2D eigenvalue weighted by atomic mass is 16.6. The van der Waals surface area contributed by atoms with E-state index >= 15 is 0 Å². The number of carbonyl (C=O) groups excluding carboxylic acids is 3. The van der Waals surface area contributed by atoms with E-state index in [2.05, 4.69) is 0 Å². The summed E-state index contributed by atoms with van der Waals surface area (Å²) in [5, 5.41) is 0. The maximum absolute atomic E-state index is 13.5. The van der Waals surface area contributed by atoms with Crippen molar-refractivity contribution in [2.24, 2.45) is 11.3 Å². The fourth-order valence-corrected chi connectivity index (χ4v) is 4.51. The Hall–Kier alpha value is -2.63. The highest BCUT2D eigenvalue weighted by Gasteiger charge is 2.71. The Balaban J connectivity index is 2.19. The van der Waals surface area contributed by atoms with Crippen LogP contribution in [0.15, 0.2) is 41.7 Å². The van der Waals surface area contributed by atoms with Gasteiger partial charge in [0.1, 0.15) is 11.4 Å². The van der Waals surface area contributed by atoms with E-state index in [0.29, 0.717) is 11.3 Å². The zero-order valence-corrected chi connectivity index (χ0v) is 17.8. The first-order chi connectivity index (χ1) is 13.5. The van der Waals surface area contributed by atoms with Crippen molar-refractivity contribution < 1.29 is 28.6 Å². The number of hydrogen-bond donors (Lipinski definition) is 0. The largest absolute Gasteiger partial charge is 0.496 e. The lowest BCUT2D eigenvalue weighted by Crippen LogP contribution is -2.52. The van der Waals surface area contributed by atoms with E-state index in [-0.39, 0.29) is 18.6 Å². The van der Waals surface area contributed by atoms with E-state index < -0.39 is 34.5 Å². The Morgan fingerprint density at radius 2 is 1.83 bits per heavy atom. The summed E-state index contributed by atoms with van der Waals surface area (Å²) < 4.78 is 17.0. The first-order valence-electron chi connectivity index (χ1n) is 9.75. The molecule has 2 aliphatic rings. The number of ketones is 1. The molecule has 0 bridgehead atoms. The summed E-state index contributed by atoms with van der Waals surface area (Å²) in [7, 11) is 1.44. The number of fused-ring (bicyclic) bond motifs is 1. The van der Waals surface area contributed by atoms with Gasteiger partial charge in [-0.2, -0.15) is 0 Å². The number of Topliss-reactive ketones (excluding diaryl/α,β-unsaturated/α-hetero) is 1. The molecule has 1 saturated heterocycles. The molecule has 1 aromatic rings. The molecule has 0 radical (unpaired) electrons. The summed E-state index contributed by atoms with van der Waals surface area (Å²) in [5.74, 6) is -1.95. The van der Waals surface area contributed by atoms with Crippen molar-refractivity contribution in [3.05, 3.63) is 47.2 Å². The molecule has 29 heavy (non-hydrogen) atoms. The third-order valence-electron chi connectivity index (χ3n) is 5.82. The molecule has 156 valence electrons. The lowest BCUT2D eigenvalue weighted by atomic mass is 9.62. The molecule has 1 aliphatic carbocycles. The summed E-state index contributed by atoms with van der Waals surface area (Å²) >= 11 is 0. The van der Waals surface area contributed by atoms with Crippen LogP contribution >= 0.6 is 0 Å². The second-order valence-electron chi connectivity index (χ2n) is 8.97. The summed E-state index contributed by atoms with van der Waals surface area (Å²) in [5.41, 5.74) is -2.44. The zero-order valence-electron chi connectivity index (χ0n) is 17.8. The van der Waals surface area contributed by atoms with Crippen molar-refractivity contribution in [3.8, 4) is 0 Å². The summed E-state index contributed by atoms with van der Waals surface area (Å²) in [4.78, 5) is 39.6. The van der Waals surface area contributed by atoms with Crippen LogP contribution in [0.25, 0.3) is 0 Å². The molecule has 1 fully saturated rings. The van der Waals surface area contributed by atoms with E-state index in [1.54, 1.807) is 34.6 Å². The van der Waals surface area contributed by atoms with Gasteiger partial charge in [0, 0.05) is 17.9 Å². The van der Waals surface area contributed by atoms with Crippen LogP contribution in [0.2, 0.25) is 0 Å². The van der Waals surface area contributed by atoms with Crippen LogP contribution in [0, 0.1) is 11.3 Å². The Morgan fingerprint density at radius 1 is 1.21 bits per heavy atom. The van der Waals surface area contributed by atoms with Crippen molar-refractivity contribution in [2.45, 2.75) is 58.7 Å². The molecule has 3 atom stereocenters. The molecular weight excluding hydrogens is 372 g/mol. The van der Waals surface area contributed by atoms with Gasteiger partial charge in [-0.3, -0.25) is 14.4 Å². The van der Waals surface area contributed by atoms with Crippen molar-refractivity contribution in [2.75, 3.05) is 7.11 Å². The molecule has 6 nitrogen and oxygen atoms in total. The van der Waals surface area contributed by atoms with Crippen LogP contribution in [0.1, 0.15) is 46.6 Å². The first kappa shape index (κ1) is 21.1. The van der Waals surface area contributed by atoms with Gasteiger partial charge < -0.3 is 14.2 Å². The molecule has 0 aromatic heterocycles. The zero-order chi connectivity index (χ0) is 21.6. The average Bonchev–Trinajstić information content (AvgIpc) is 2.83. The van der Waals surface area contributed by atoms with Gasteiger partial charge in [0.05, 0.1) is 7.11 Å². The van der Waals surface area contributed by atoms with E-state index in [4.69, 9.17) is 14.2 Å². The molecule has 0 N–H and O–H groups in total. The van der Waals surface area contributed by atoms with E-state index in [0.717, 1.165) is 5.56 Å². The predicted octanol–water partition coefficient (Wildman–Crippen LogP) is 3.38. The normalized spacial score (nSPS) is 29.4. The number of methoxy groups -OCH3 is 1. The minimum atomic E-state index is -1.64. The fraction of sp³-hybridized carbons (Fsp3) is 0.522. The Labute approximate surface area is 171 Å². The lowest BCUT2D eigenvalue weighted by Gasteiger charge is -2.40. The van der Waals surface area contributed by atoms with E-state index in [9.17, 15) is 14.4 Å². The van der Waals surface area contributed by atoms with E-state index in [1.165, 1.54) is 7.11 Å². The Bertz CT molecular complexity index is 878. The molecule has 0 unspecified atom stereocenters. The van der Waals surface area contributed by atoms with Gasteiger partial charge in [-0.1, -0.05) is 30.3 Å². The number of carbonyl (C=O) groups is 3. The van der Waals surface area contributed by atoms with Crippen molar-refractivity contribution in [1.29, 1.82) is 0 Å². The second kappa shape index (κ2) is 7.01. The van der Waals surface area contributed by atoms with Gasteiger partial charge in [-0.15, -0.1) is 0 Å². The maximum Gasteiger partial charge on any atom is 0.325 e. The predicted molar refractivity (Wildman–Crippen MR) is 106 cm³/mol. The van der Waals surface area contributed by atoms with Gasteiger partial charge in [0.25, 0.3) is 0 Å². The van der Waals surface area contributed by atoms with Crippen LogP contribution < -0.4 is 0 Å². The number of benzene rings is 1. The summed E-state index contributed by atoms with van der Waals surface area (Å²) in [6.45, 7) is 8.61. The topological polar surface area (TPSA) is 78.9 Å². The second-order valence-corrected chi connectivity index (χ2v) is 8.97. The fourth-order valence-electron chi connectivity index (χ4n) is 4.51. The highest BCUT2D eigenvalue weighted by molar-refractivity contribution is 6.06.